The van der Waals surface area contributed by atoms with Crippen molar-refractivity contribution in [3.05, 3.63) is 28.2 Å². The van der Waals surface area contributed by atoms with Gasteiger partial charge in [0, 0.05) is 4.47 Å². The predicted molar refractivity (Wildman–Crippen MR) is 79.1 cm³/mol. The van der Waals surface area contributed by atoms with Crippen LogP contribution in [-0.4, -0.2) is 25.4 Å². The van der Waals surface area contributed by atoms with Gasteiger partial charge in [0.15, 0.2) is 0 Å². The first-order valence-corrected chi connectivity index (χ1v) is 7.37. The van der Waals surface area contributed by atoms with Gasteiger partial charge in [-0.05, 0) is 49.9 Å². The number of benzene rings is 1. The number of methoxy groups -OCH3 is 1. The molecular weight excluding hydrogens is 308 g/mol. The van der Waals surface area contributed by atoms with E-state index in [1.54, 1.807) is 7.11 Å². The fraction of sp³-hybridized carbons (Fsp3) is 0.571. The van der Waals surface area contributed by atoms with Crippen LogP contribution in [0.1, 0.15) is 25.3 Å². The zero-order chi connectivity index (χ0) is 13.8. The molecule has 0 spiro atoms. The molecule has 2 rings (SSSR count). The molecule has 3 unspecified atom stereocenters. The molecule has 4 nitrogen and oxygen atoms in total. The van der Waals surface area contributed by atoms with Crippen molar-refractivity contribution in [3.8, 4) is 5.75 Å². The summed E-state index contributed by atoms with van der Waals surface area (Å²) in [5.74, 6) is 6.58. The Bertz CT molecular complexity index is 428. The van der Waals surface area contributed by atoms with Gasteiger partial charge < -0.3 is 9.47 Å². The second-order valence-electron chi connectivity index (χ2n) is 5.00. The first-order chi connectivity index (χ1) is 9.13. The Hall–Kier alpha value is -0.620. The minimum absolute atomic E-state index is 0.105. The number of nitrogens with two attached hydrogens (primary N) is 1. The van der Waals surface area contributed by atoms with Crippen LogP contribution in [0.5, 0.6) is 5.75 Å². The van der Waals surface area contributed by atoms with E-state index in [9.17, 15) is 0 Å². The van der Waals surface area contributed by atoms with Crippen LogP contribution in [0.2, 0.25) is 0 Å². The van der Waals surface area contributed by atoms with Gasteiger partial charge in [-0.2, -0.15) is 0 Å². The lowest BCUT2D eigenvalue weighted by Gasteiger charge is -2.23. The third-order valence-corrected chi connectivity index (χ3v) is 4.10. The highest BCUT2D eigenvalue weighted by atomic mass is 79.9. The largest absolute Gasteiger partial charge is 0.496 e. The Morgan fingerprint density at radius 1 is 1.53 bits per heavy atom. The average molecular weight is 329 g/mol. The van der Waals surface area contributed by atoms with Gasteiger partial charge in [0.1, 0.15) is 5.75 Å². The van der Waals surface area contributed by atoms with Gasteiger partial charge in [0.05, 0.1) is 25.4 Å². The Morgan fingerprint density at radius 2 is 2.32 bits per heavy atom. The highest BCUT2D eigenvalue weighted by Crippen LogP contribution is 2.28. The molecule has 1 heterocycles. The highest BCUT2D eigenvalue weighted by molar-refractivity contribution is 9.10. The van der Waals surface area contributed by atoms with Crippen LogP contribution in [0.3, 0.4) is 0 Å². The maximum absolute atomic E-state index is 5.90. The quantitative estimate of drug-likeness (QED) is 0.643. The number of hydrogen-bond acceptors (Lipinski definition) is 4. The van der Waals surface area contributed by atoms with Gasteiger partial charge in [-0.3, -0.25) is 11.3 Å². The van der Waals surface area contributed by atoms with E-state index in [1.807, 2.05) is 12.1 Å². The summed E-state index contributed by atoms with van der Waals surface area (Å²) in [5.41, 5.74) is 4.02. The molecule has 5 heteroatoms. The van der Waals surface area contributed by atoms with Crippen molar-refractivity contribution in [1.82, 2.24) is 5.43 Å². The van der Waals surface area contributed by atoms with Gasteiger partial charge in [-0.1, -0.05) is 15.9 Å². The fourth-order valence-electron chi connectivity index (χ4n) is 2.57. The number of halogens is 1. The lowest BCUT2D eigenvalue weighted by molar-refractivity contribution is 0.0319. The summed E-state index contributed by atoms with van der Waals surface area (Å²) in [4.78, 5) is 0. The van der Waals surface area contributed by atoms with Gasteiger partial charge in [0.25, 0.3) is 0 Å². The number of hydrogen-bond donors (Lipinski definition) is 2. The van der Waals surface area contributed by atoms with E-state index >= 15 is 0 Å². The van der Waals surface area contributed by atoms with Gasteiger partial charge in [-0.15, -0.1) is 0 Å². The molecule has 3 atom stereocenters. The first-order valence-electron chi connectivity index (χ1n) is 6.58. The van der Waals surface area contributed by atoms with Crippen molar-refractivity contribution >= 4 is 15.9 Å². The van der Waals surface area contributed by atoms with Crippen molar-refractivity contribution in [1.29, 1.82) is 0 Å². The van der Waals surface area contributed by atoms with E-state index in [1.165, 1.54) is 0 Å². The van der Waals surface area contributed by atoms with E-state index < -0.39 is 0 Å². The Morgan fingerprint density at radius 3 is 2.89 bits per heavy atom. The molecule has 0 aromatic heterocycles. The third-order valence-electron chi connectivity index (χ3n) is 3.61. The maximum Gasteiger partial charge on any atom is 0.122 e. The number of rotatable bonds is 5. The molecule has 0 bridgehead atoms. The Kier molecular flexibility index (Phi) is 5.21. The number of ether oxygens (including phenoxy) is 2. The summed E-state index contributed by atoms with van der Waals surface area (Å²) in [6.45, 7) is 2.10. The van der Waals surface area contributed by atoms with Crippen LogP contribution >= 0.6 is 15.9 Å². The Balaban J connectivity index is 2.11. The summed E-state index contributed by atoms with van der Waals surface area (Å²) in [7, 11) is 1.69. The molecule has 0 amide bonds. The van der Waals surface area contributed by atoms with Crippen LogP contribution in [0.4, 0.5) is 0 Å². The first kappa shape index (κ1) is 14.8. The molecule has 19 heavy (non-hydrogen) atoms. The van der Waals surface area contributed by atoms with Gasteiger partial charge in [-0.25, -0.2) is 0 Å². The van der Waals surface area contributed by atoms with Crippen LogP contribution in [0.15, 0.2) is 22.7 Å². The molecule has 1 fully saturated rings. The summed E-state index contributed by atoms with van der Waals surface area (Å²) in [6.07, 6.45) is 3.43. The molecule has 1 aliphatic rings. The minimum Gasteiger partial charge on any atom is -0.496 e. The van der Waals surface area contributed by atoms with E-state index in [0.717, 1.165) is 35.0 Å². The standard InChI is InChI=1S/C14H21BrN2O2/c1-9-3-5-14(19-9)12(17-16)8-10-7-11(15)4-6-13(10)18-2/h4,6-7,9,12,14,17H,3,5,8,16H2,1-2H3. The molecule has 1 aliphatic heterocycles. The molecular formula is C14H21BrN2O2. The van der Waals surface area contributed by atoms with E-state index in [4.69, 9.17) is 15.3 Å². The summed E-state index contributed by atoms with van der Waals surface area (Å²) >= 11 is 3.49. The second-order valence-corrected chi connectivity index (χ2v) is 5.91. The molecule has 0 saturated carbocycles. The maximum atomic E-state index is 5.90. The molecule has 1 aromatic carbocycles. The molecule has 0 radical (unpaired) electrons. The van der Waals surface area contributed by atoms with Crippen LogP contribution in [0, 0.1) is 0 Å². The monoisotopic (exact) mass is 328 g/mol. The molecule has 3 N–H and O–H groups in total. The Labute approximate surface area is 122 Å². The summed E-state index contributed by atoms with van der Waals surface area (Å²) < 4.78 is 12.3. The smallest absolute Gasteiger partial charge is 0.122 e. The lowest BCUT2D eigenvalue weighted by Crippen LogP contribution is -2.45. The third kappa shape index (κ3) is 3.69. The van der Waals surface area contributed by atoms with E-state index in [-0.39, 0.29) is 12.1 Å². The van der Waals surface area contributed by atoms with Crippen LogP contribution in [-0.2, 0) is 11.2 Å². The highest BCUT2D eigenvalue weighted by Gasteiger charge is 2.29. The number of hydrazine groups is 1. The van der Waals surface area contributed by atoms with Crippen molar-refractivity contribution in [2.45, 2.75) is 44.4 Å². The minimum atomic E-state index is 0.105. The molecule has 1 saturated heterocycles. The zero-order valence-electron chi connectivity index (χ0n) is 11.4. The fourth-order valence-corrected chi connectivity index (χ4v) is 2.98. The predicted octanol–water partition coefficient (Wildman–Crippen LogP) is 2.40. The second kappa shape index (κ2) is 6.70. The lowest BCUT2D eigenvalue weighted by atomic mass is 9.99. The number of nitrogens with one attached hydrogen (secondary N) is 1. The van der Waals surface area contributed by atoms with Crippen molar-refractivity contribution in [2.24, 2.45) is 5.84 Å². The van der Waals surface area contributed by atoms with Crippen molar-refractivity contribution in [2.75, 3.05) is 7.11 Å². The SMILES string of the molecule is COc1ccc(Br)cc1CC(NN)C1CCC(C)O1. The van der Waals surface area contributed by atoms with Crippen molar-refractivity contribution in [3.63, 3.8) is 0 Å². The summed E-state index contributed by atoms with van der Waals surface area (Å²) in [5, 5.41) is 0. The van der Waals surface area contributed by atoms with Crippen molar-refractivity contribution < 1.29 is 9.47 Å². The summed E-state index contributed by atoms with van der Waals surface area (Å²) in [6, 6.07) is 6.11. The van der Waals surface area contributed by atoms with Crippen LogP contribution < -0.4 is 16.0 Å². The van der Waals surface area contributed by atoms with E-state index in [2.05, 4.69) is 34.3 Å². The molecule has 106 valence electrons. The average Bonchev–Trinajstić information content (AvgIpc) is 2.82. The van der Waals surface area contributed by atoms with Crippen LogP contribution in [0.25, 0.3) is 0 Å². The topological polar surface area (TPSA) is 56.5 Å². The molecule has 0 aliphatic carbocycles. The zero-order valence-corrected chi connectivity index (χ0v) is 12.9. The van der Waals surface area contributed by atoms with E-state index in [0.29, 0.717) is 6.10 Å². The normalized spacial score (nSPS) is 24.4. The molecule has 1 aromatic rings. The van der Waals surface area contributed by atoms with Gasteiger partial charge >= 0.3 is 0 Å². The van der Waals surface area contributed by atoms with Gasteiger partial charge in [0.2, 0.25) is 0 Å².